The van der Waals surface area contributed by atoms with Gasteiger partial charge >= 0.3 is 5.97 Å². The highest BCUT2D eigenvalue weighted by atomic mass is 16.5. The Morgan fingerprint density at radius 1 is 1.32 bits per heavy atom. The zero-order valence-electron chi connectivity index (χ0n) is 11.3. The maximum Gasteiger partial charge on any atom is 0.325 e. The lowest BCUT2D eigenvalue weighted by Crippen LogP contribution is -2.45. The molecule has 0 unspecified atom stereocenters. The van der Waals surface area contributed by atoms with E-state index in [9.17, 15) is 9.59 Å². The Labute approximate surface area is 113 Å². The summed E-state index contributed by atoms with van der Waals surface area (Å²) in [7, 11) is 1.30. The largest absolute Gasteiger partial charge is 0.468 e. The van der Waals surface area contributed by atoms with Crippen molar-refractivity contribution in [1.29, 1.82) is 0 Å². The molecule has 0 saturated heterocycles. The molecule has 0 fully saturated rings. The zero-order chi connectivity index (χ0) is 14.3. The van der Waals surface area contributed by atoms with Crippen LogP contribution in [0.25, 0.3) is 0 Å². The molecule has 104 valence electrons. The van der Waals surface area contributed by atoms with Gasteiger partial charge in [-0.1, -0.05) is 37.3 Å². The molecule has 5 heteroatoms. The Hall–Kier alpha value is -1.88. The minimum Gasteiger partial charge on any atom is -0.468 e. The fourth-order valence-electron chi connectivity index (χ4n) is 1.65. The van der Waals surface area contributed by atoms with Crippen molar-refractivity contribution >= 4 is 11.9 Å². The van der Waals surface area contributed by atoms with Gasteiger partial charge in [0.25, 0.3) is 0 Å². The zero-order valence-corrected chi connectivity index (χ0v) is 11.3. The molecule has 1 aromatic rings. The third-order valence-electron chi connectivity index (χ3n) is 2.83. The number of methoxy groups -OCH3 is 1. The van der Waals surface area contributed by atoms with Crippen molar-refractivity contribution < 1.29 is 14.3 Å². The molecule has 19 heavy (non-hydrogen) atoms. The van der Waals surface area contributed by atoms with Crippen LogP contribution in [0.5, 0.6) is 0 Å². The SMILES string of the molecule is CC[C@@H](N)C(=O)N(CC(=O)OC)Cc1ccccc1. The number of ether oxygens (including phenoxy) is 1. The molecule has 0 bridgehead atoms. The average Bonchev–Trinajstić information content (AvgIpc) is 2.45. The normalized spacial score (nSPS) is 11.7. The van der Waals surface area contributed by atoms with E-state index in [0.717, 1.165) is 5.56 Å². The van der Waals surface area contributed by atoms with E-state index in [2.05, 4.69) is 4.74 Å². The topological polar surface area (TPSA) is 72.6 Å². The van der Waals surface area contributed by atoms with Gasteiger partial charge in [-0.05, 0) is 12.0 Å². The lowest BCUT2D eigenvalue weighted by Gasteiger charge is -2.24. The van der Waals surface area contributed by atoms with Crippen LogP contribution in [0.2, 0.25) is 0 Å². The average molecular weight is 264 g/mol. The summed E-state index contributed by atoms with van der Waals surface area (Å²) in [4.78, 5) is 24.9. The summed E-state index contributed by atoms with van der Waals surface area (Å²) in [5, 5.41) is 0. The molecule has 0 radical (unpaired) electrons. The van der Waals surface area contributed by atoms with Crippen LogP contribution >= 0.6 is 0 Å². The van der Waals surface area contributed by atoms with E-state index in [0.29, 0.717) is 13.0 Å². The smallest absolute Gasteiger partial charge is 0.325 e. The molecular formula is C14H20N2O3. The molecular weight excluding hydrogens is 244 g/mol. The number of hydrogen-bond donors (Lipinski definition) is 1. The van der Waals surface area contributed by atoms with Crippen molar-refractivity contribution in [2.24, 2.45) is 5.73 Å². The van der Waals surface area contributed by atoms with Crippen LogP contribution in [-0.4, -0.2) is 36.5 Å². The maximum absolute atomic E-state index is 12.1. The highest BCUT2D eigenvalue weighted by Crippen LogP contribution is 2.07. The Morgan fingerprint density at radius 2 is 1.95 bits per heavy atom. The number of hydrogen-bond acceptors (Lipinski definition) is 4. The summed E-state index contributed by atoms with van der Waals surface area (Å²) in [6.07, 6.45) is 0.533. The van der Waals surface area contributed by atoms with Crippen LogP contribution in [0.1, 0.15) is 18.9 Å². The molecule has 1 atom stereocenters. The summed E-state index contributed by atoms with van der Waals surface area (Å²) in [5.41, 5.74) is 6.69. The highest BCUT2D eigenvalue weighted by Gasteiger charge is 2.22. The lowest BCUT2D eigenvalue weighted by atomic mass is 10.1. The van der Waals surface area contributed by atoms with Crippen LogP contribution in [0.4, 0.5) is 0 Å². The van der Waals surface area contributed by atoms with Gasteiger partial charge < -0.3 is 15.4 Å². The Bertz CT molecular complexity index is 420. The molecule has 0 heterocycles. The van der Waals surface area contributed by atoms with Gasteiger partial charge in [-0.15, -0.1) is 0 Å². The van der Waals surface area contributed by atoms with E-state index < -0.39 is 12.0 Å². The third-order valence-corrected chi connectivity index (χ3v) is 2.83. The van der Waals surface area contributed by atoms with Gasteiger partial charge in [0.15, 0.2) is 0 Å². The summed E-state index contributed by atoms with van der Waals surface area (Å²) in [5.74, 6) is -0.690. The molecule has 0 saturated carbocycles. The van der Waals surface area contributed by atoms with Crippen molar-refractivity contribution in [3.05, 3.63) is 35.9 Å². The van der Waals surface area contributed by atoms with E-state index >= 15 is 0 Å². The summed E-state index contributed by atoms with van der Waals surface area (Å²) in [6, 6.07) is 8.87. The number of rotatable bonds is 6. The van der Waals surface area contributed by atoms with Crippen LogP contribution in [0.15, 0.2) is 30.3 Å². The Balaban J connectivity index is 2.80. The Morgan fingerprint density at radius 3 is 2.47 bits per heavy atom. The van der Waals surface area contributed by atoms with Gasteiger partial charge in [-0.25, -0.2) is 0 Å². The second kappa shape index (κ2) is 7.53. The van der Waals surface area contributed by atoms with Crippen LogP contribution in [0, 0.1) is 0 Å². The summed E-state index contributed by atoms with van der Waals surface area (Å²) < 4.78 is 4.61. The van der Waals surface area contributed by atoms with Crippen molar-refractivity contribution in [2.75, 3.05) is 13.7 Å². The standard InChI is InChI=1S/C14H20N2O3/c1-3-12(15)14(18)16(10-13(17)19-2)9-11-7-5-4-6-8-11/h4-8,12H,3,9-10,15H2,1-2H3/t12-/m1/s1. The van der Waals surface area contributed by atoms with Gasteiger partial charge in [0.05, 0.1) is 13.2 Å². The first kappa shape index (κ1) is 15.2. The number of benzene rings is 1. The van der Waals surface area contributed by atoms with E-state index in [1.54, 1.807) is 0 Å². The summed E-state index contributed by atoms with van der Waals surface area (Å²) in [6.45, 7) is 2.10. The fourth-order valence-corrected chi connectivity index (χ4v) is 1.65. The van der Waals surface area contributed by atoms with Crippen molar-refractivity contribution in [2.45, 2.75) is 25.9 Å². The molecule has 0 aliphatic heterocycles. The molecule has 0 aromatic heterocycles. The van der Waals surface area contributed by atoms with Crippen LogP contribution in [-0.2, 0) is 20.9 Å². The quantitative estimate of drug-likeness (QED) is 0.776. The van der Waals surface area contributed by atoms with E-state index in [1.165, 1.54) is 12.0 Å². The van der Waals surface area contributed by atoms with Crippen LogP contribution < -0.4 is 5.73 Å². The van der Waals surface area contributed by atoms with Gasteiger partial charge in [0, 0.05) is 6.54 Å². The number of nitrogens with two attached hydrogens (primary N) is 1. The predicted octanol–water partition coefficient (Wildman–Crippen LogP) is 0.925. The van der Waals surface area contributed by atoms with E-state index in [-0.39, 0.29) is 12.5 Å². The molecule has 2 N–H and O–H groups in total. The third kappa shape index (κ3) is 4.71. The van der Waals surface area contributed by atoms with Crippen LogP contribution in [0.3, 0.4) is 0 Å². The van der Waals surface area contributed by atoms with Gasteiger partial charge in [-0.2, -0.15) is 0 Å². The maximum atomic E-state index is 12.1. The van der Waals surface area contributed by atoms with E-state index in [4.69, 9.17) is 5.73 Å². The molecule has 5 nitrogen and oxygen atoms in total. The molecule has 0 spiro atoms. The number of carbonyl (C=O) groups is 2. The summed E-state index contributed by atoms with van der Waals surface area (Å²) >= 11 is 0. The molecule has 1 rings (SSSR count). The van der Waals surface area contributed by atoms with E-state index in [1.807, 2.05) is 37.3 Å². The molecule has 0 aliphatic rings. The first-order valence-corrected chi connectivity index (χ1v) is 6.23. The molecule has 1 aromatic carbocycles. The molecule has 0 aliphatic carbocycles. The first-order chi connectivity index (χ1) is 9.08. The number of amides is 1. The first-order valence-electron chi connectivity index (χ1n) is 6.23. The minimum atomic E-state index is -0.589. The second-order valence-electron chi connectivity index (χ2n) is 4.27. The number of carbonyl (C=O) groups excluding carboxylic acids is 2. The Kier molecular flexibility index (Phi) is 6.02. The predicted molar refractivity (Wildman–Crippen MR) is 72.1 cm³/mol. The number of esters is 1. The highest BCUT2D eigenvalue weighted by molar-refractivity contribution is 5.85. The molecule has 1 amide bonds. The van der Waals surface area contributed by atoms with Gasteiger partial charge in [0.2, 0.25) is 5.91 Å². The monoisotopic (exact) mass is 264 g/mol. The fraction of sp³-hybridized carbons (Fsp3) is 0.429. The lowest BCUT2D eigenvalue weighted by molar-refractivity contribution is -0.147. The second-order valence-corrected chi connectivity index (χ2v) is 4.27. The van der Waals surface area contributed by atoms with Gasteiger partial charge in [0.1, 0.15) is 6.54 Å². The van der Waals surface area contributed by atoms with Crippen molar-refractivity contribution in [3.8, 4) is 0 Å². The number of nitrogens with zero attached hydrogens (tertiary/aromatic N) is 1. The van der Waals surface area contributed by atoms with Crippen molar-refractivity contribution in [1.82, 2.24) is 4.90 Å². The minimum absolute atomic E-state index is 0.0854. The van der Waals surface area contributed by atoms with Gasteiger partial charge in [-0.3, -0.25) is 9.59 Å². The van der Waals surface area contributed by atoms with Crippen molar-refractivity contribution in [3.63, 3.8) is 0 Å².